The zero-order valence-corrected chi connectivity index (χ0v) is 10.3. The van der Waals surface area contributed by atoms with Crippen LogP contribution in [0.4, 0.5) is 0 Å². The molecule has 2 aliphatic rings. The first-order chi connectivity index (χ1) is 8.31. The van der Waals surface area contributed by atoms with Gasteiger partial charge in [0.15, 0.2) is 11.5 Å². The quantitative estimate of drug-likeness (QED) is 0.823. The molecule has 1 heterocycles. The fraction of sp³-hybridized carbons (Fsp3) is 0.571. The minimum atomic E-state index is 0.303. The number of hydrogen-bond acceptors (Lipinski definition) is 3. The molecule has 1 aromatic rings. The SMILES string of the molecule is COc1c(O)cc([C@H]2CCCN2)c2c1CCC2. The molecule has 92 valence electrons. The second-order valence-corrected chi connectivity index (χ2v) is 4.98. The lowest BCUT2D eigenvalue weighted by molar-refractivity contribution is 0.369. The number of rotatable bonds is 2. The van der Waals surface area contributed by atoms with Crippen LogP contribution in [-0.4, -0.2) is 18.8 Å². The summed E-state index contributed by atoms with van der Waals surface area (Å²) in [4.78, 5) is 0. The maximum Gasteiger partial charge on any atom is 0.163 e. The smallest absolute Gasteiger partial charge is 0.163 e. The van der Waals surface area contributed by atoms with Gasteiger partial charge in [0.05, 0.1) is 7.11 Å². The molecule has 1 atom stereocenters. The third-order valence-electron chi connectivity index (χ3n) is 4.01. The van der Waals surface area contributed by atoms with E-state index in [2.05, 4.69) is 5.32 Å². The van der Waals surface area contributed by atoms with E-state index in [0.29, 0.717) is 17.5 Å². The Kier molecular flexibility index (Phi) is 2.71. The van der Waals surface area contributed by atoms with Gasteiger partial charge >= 0.3 is 0 Å². The molecule has 1 saturated heterocycles. The Labute approximate surface area is 102 Å². The fourth-order valence-electron chi connectivity index (χ4n) is 3.26. The van der Waals surface area contributed by atoms with Crippen molar-refractivity contribution in [2.45, 2.75) is 38.1 Å². The van der Waals surface area contributed by atoms with Crippen molar-refractivity contribution >= 4 is 0 Å². The second-order valence-electron chi connectivity index (χ2n) is 4.98. The first-order valence-electron chi connectivity index (χ1n) is 6.46. The summed E-state index contributed by atoms with van der Waals surface area (Å²) < 4.78 is 5.34. The molecular weight excluding hydrogens is 214 g/mol. The van der Waals surface area contributed by atoms with Crippen molar-refractivity contribution in [1.29, 1.82) is 0 Å². The number of fused-ring (bicyclic) bond motifs is 1. The largest absolute Gasteiger partial charge is 0.504 e. The lowest BCUT2D eigenvalue weighted by Crippen LogP contribution is -2.15. The average Bonchev–Trinajstić information content (AvgIpc) is 2.99. The monoisotopic (exact) mass is 233 g/mol. The molecule has 3 heteroatoms. The van der Waals surface area contributed by atoms with Crippen LogP contribution in [0, 0.1) is 0 Å². The highest BCUT2D eigenvalue weighted by Crippen LogP contribution is 2.43. The summed E-state index contributed by atoms with van der Waals surface area (Å²) in [5, 5.41) is 13.6. The molecule has 1 aromatic carbocycles. The van der Waals surface area contributed by atoms with Crippen LogP contribution in [0.25, 0.3) is 0 Å². The molecule has 0 aromatic heterocycles. The maximum absolute atomic E-state index is 10.1. The standard InChI is InChI=1S/C14H19NO2/c1-17-14-10-5-2-4-9(10)11(8-13(14)16)12-6-3-7-15-12/h8,12,15-16H,2-7H2,1H3/t12-/m1/s1. The molecule has 2 N–H and O–H groups in total. The van der Waals surface area contributed by atoms with Crippen molar-refractivity contribution in [3.63, 3.8) is 0 Å². The minimum Gasteiger partial charge on any atom is -0.504 e. The number of nitrogens with one attached hydrogen (secondary N) is 1. The third kappa shape index (κ3) is 1.69. The van der Waals surface area contributed by atoms with Gasteiger partial charge in [-0.15, -0.1) is 0 Å². The first kappa shape index (κ1) is 10.9. The molecule has 0 radical (unpaired) electrons. The van der Waals surface area contributed by atoms with Gasteiger partial charge in [-0.05, 0) is 55.8 Å². The van der Waals surface area contributed by atoms with Crippen LogP contribution in [-0.2, 0) is 12.8 Å². The van der Waals surface area contributed by atoms with Gasteiger partial charge in [-0.3, -0.25) is 0 Å². The minimum absolute atomic E-state index is 0.303. The van der Waals surface area contributed by atoms with Crippen molar-refractivity contribution in [3.8, 4) is 11.5 Å². The van der Waals surface area contributed by atoms with E-state index in [9.17, 15) is 5.11 Å². The van der Waals surface area contributed by atoms with Crippen LogP contribution in [0.5, 0.6) is 11.5 Å². The van der Waals surface area contributed by atoms with E-state index in [4.69, 9.17) is 4.74 Å². The van der Waals surface area contributed by atoms with E-state index >= 15 is 0 Å². The van der Waals surface area contributed by atoms with Gasteiger partial charge < -0.3 is 15.2 Å². The lowest BCUT2D eigenvalue weighted by Gasteiger charge is -2.18. The Morgan fingerprint density at radius 2 is 2.12 bits per heavy atom. The van der Waals surface area contributed by atoms with Crippen molar-refractivity contribution in [3.05, 3.63) is 22.8 Å². The summed E-state index contributed by atoms with van der Waals surface area (Å²) in [5.74, 6) is 0.996. The summed E-state index contributed by atoms with van der Waals surface area (Å²) in [6.45, 7) is 1.09. The van der Waals surface area contributed by atoms with Crippen LogP contribution in [0.3, 0.4) is 0 Å². The van der Waals surface area contributed by atoms with Crippen molar-refractivity contribution in [2.24, 2.45) is 0 Å². The number of ether oxygens (including phenoxy) is 1. The highest BCUT2D eigenvalue weighted by molar-refractivity contribution is 5.56. The Morgan fingerprint density at radius 1 is 1.29 bits per heavy atom. The molecule has 1 aliphatic carbocycles. The number of benzene rings is 1. The molecule has 0 bridgehead atoms. The fourth-order valence-corrected chi connectivity index (χ4v) is 3.26. The van der Waals surface area contributed by atoms with Crippen LogP contribution in [0.2, 0.25) is 0 Å². The predicted octanol–water partition coefficient (Wildman–Crippen LogP) is 2.31. The van der Waals surface area contributed by atoms with E-state index in [0.717, 1.165) is 19.4 Å². The zero-order chi connectivity index (χ0) is 11.8. The van der Waals surface area contributed by atoms with Crippen LogP contribution >= 0.6 is 0 Å². The van der Waals surface area contributed by atoms with Crippen molar-refractivity contribution < 1.29 is 9.84 Å². The molecule has 0 unspecified atom stereocenters. The first-order valence-corrected chi connectivity index (χ1v) is 6.46. The molecule has 1 aliphatic heterocycles. The Bertz CT molecular complexity index is 436. The normalized spacial score (nSPS) is 22.8. The van der Waals surface area contributed by atoms with Crippen LogP contribution in [0.15, 0.2) is 6.07 Å². The predicted molar refractivity (Wildman–Crippen MR) is 66.7 cm³/mol. The van der Waals surface area contributed by atoms with Crippen LogP contribution in [0.1, 0.15) is 42.0 Å². The molecule has 1 fully saturated rings. The van der Waals surface area contributed by atoms with Gasteiger partial charge in [-0.1, -0.05) is 0 Å². The molecule has 0 spiro atoms. The summed E-state index contributed by atoms with van der Waals surface area (Å²) in [5.41, 5.74) is 3.95. The van der Waals surface area contributed by atoms with Crippen molar-refractivity contribution in [1.82, 2.24) is 5.32 Å². The summed E-state index contributed by atoms with van der Waals surface area (Å²) >= 11 is 0. The number of phenols is 1. The summed E-state index contributed by atoms with van der Waals surface area (Å²) in [6.07, 6.45) is 5.74. The maximum atomic E-state index is 10.1. The highest BCUT2D eigenvalue weighted by atomic mass is 16.5. The van der Waals surface area contributed by atoms with Gasteiger partial charge in [-0.25, -0.2) is 0 Å². The number of aromatic hydroxyl groups is 1. The summed E-state index contributed by atoms with van der Waals surface area (Å²) in [6, 6.07) is 2.34. The summed E-state index contributed by atoms with van der Waals surface area (Å²) in [7, 11) is 1.64. The Hall–Kier alpha value is -1.22. The second kappa shape index (κ2) is 4.22. The molecule has 17 heavy (non-hydrogen) atoms. The average molecular weight is 233 g/mol. The Balaban J connectivity index is 2.10. The molecular formula is C14H19NO2. The lowest BCUT2D eigenvalue weighted by atomic mass is 9.95. The molecule has 3 nitrogen and oxygen atoms in total. The van der Waals surface area contributed by atoms with E-state index in [1.807, 2.05) is 6.07 Å². The topological polar surface area (TPSA) is 41.5 Å². The Morgan fingerprint density at radius 3 is 2.82 bits per heavy atom. The number of phenolic OH excluding ortho intramolecular Hbond substituents is 1. The van der Waals surface area contributed by atoms with Gasteiger partial charge in [0.1, 0.15) is 0 Å². The zero-order valence-electron chi connectivity index (χ0n) is 10.3. The van der Waals surface area contributed by atoms with E-state index in [1.165, 1.54) is 36.0 Å². The third-order valence-corrected chi connectivity index (χ3v) is 4.01. The number of hydrogen-bond donors (Lipinski definition) is 2. The van der Waals surface area contributed by atoms with Gasteiger partial charge in [0, 0.05) is 11.6 Å². The van der Waals surface area contributed by atoms with Crippen molar-refractivity contribution in [2.75, 3.05) is 13.7 Å². The van der Waals surface area contributed by atoms with Crippen LogP contribution < -0.4 is 10.1 Å². The molecule has 0 amide bonds. The van der Waals surface area contributed by atoms with Gasteiger partial charge in [0.25, 0.3) is 0 Å². The molecule has 3 rings (SSSR count). The van der Waals surface area contributed by atoms with E-state index < -0.39 is 0 Å². The van der Waals surface area contributed by atoms with E-state index in [1.54, 1.807) is 7.11 Å². The highest BCUT2D eigenvalue weighted by Gasteiger charge is 2.27. The number of methoxy groups -OCH3 is 1. The van der Waals surface area contributed by atoms with Gasteiger partial charge in [-0.2, -0.15) is 0 Å². The molecule has 0 saturated carbocycles. The van der Waals surface area contributed by atoms with Gasteiger partial charge in [0.2, 0.25) is 0 Å². The van der Waals surface area contributed by atoms with E-state index in [-0.39, 0.29) is 0 Å².